The molecule has 0 aliphatic rings. The second-order valence-corrected chi connectivity index (χ2v) is 5.04. The molecule has 0 amide bonds. The van der Waals surface area contributed by atoms with Gasteiger partial charge in [-0.2, -0.15) is 0 Å². The van der Waals surface area contributed by atoms with Gasteiger partial charge < -0.3 is 9.67 Å². The third-order valence-electron chi connectivity index (χ3n) is 3.15. The Morgan fingerprint density at radius 1 is 1.43 bits per heavy atom. The molecule has 21 heavy (non-hydrogen) atoms. The molecule has 2 aromatic rings. The number of nitrogens with zero attached hydrogens (tertiary/aromatic N) is 3. The summed E-state index contributed by atoms with van der Waals surface area (Å²) in [7, 11) is 4.02. The Kier molecular flexibility index (Phi) is 4.90. The number of benzene rings is 1. The van der Waals surface area contributed by atoms with Gasteiger partial charge in [0.1, 0.15) is 5.82 Å². The molecule has 1 N–H and O–H groups in total. The molecule has 0 saturated heterocycles. The van der Waals surface area contributed by atoms with Crippen molar-refractivity contribution in [3.05, 3.63) is 59.7 Å². The van der Waals surface area contributed by atoms with E-state index in [2.05, 4.69) is 9.88 Å². The number of rotatable bonds is 6. The van der Waals surface area contributed by atoms with Gasteiger partial charge in [0.05, 0.1) is 6.54 Å². The van der Waals surface area contributed by atoms with E-state index in [1.165, 1.54) is 0 Å². The van der Waals surface area contributed by atoms with E-state index < -0.39 is 5.97 Å². The van der Waals surface area contributed by atoms with Crippen LogP contribution in [0.2, 0.25) is 0 Å². The summed E-state index contributed by atoms with van der Waals surface area (Å²) in [4.78, 5) is 17.0. The number of hydrogen-bond acceptors (Lipinski definition) is 3. The van der Waals surface area contributed by atoms with Gasteiger partial charge in [-0.1, -0.05) is 24.3 Å². The van der Waals surface area contributed by atoms with Crippen molar-refractivity contribution in [3.8, 4) is 0 Å². The van der Waals surface area contributed by atoms with E-state index in [1.807, 2.05) is 49.1 Å². The summed E-state index contributed by atoms with van der Waals surface area (Å²) >= 11 is 0. The van der Waals surface area contributed by atoms with Crippen molar-refractivity contribution in [2.75, 3.05) is 7.05 Å². The van der Waals surface area contributed by atoms with Crippen LogP contribution in [0.5, 0.6) is 0 Å². The lowest BCUT2D eigenvalue weighted by molar-refractivity contribution is -0.131. The zero-order valence-corrected chi connectivity index (χ0v) is 12.2. The van der Waals surface area contributed by atoms with E-state index in [-0.39, 0.29) is 0 Å². The molecule has 0 spiro atoms. The maximum Gasteiger partial charge on any atom is 0.328 e. The van der Waals surface area contributed by atoms with Crippen molar-refractivity contribution < 1.29 is 9.90 Å². The van der Waals surface area contributed by atoms with E-state index in [0.29, 0.717) is 0 Å². The molecule has 0 bridgehead atoms. The Hall–Kier alpha value is -2.40. The highest BCUT2D eigenvalue weighted by Gasteiger charge is 2.05. The van der Waals surface area contributed by atoms with Gasteiger partial charge in [-0.05, 0) is 24.3 Å². The highest BCUT2D eigenvalue weighted by molar-refractivity contribution is 5.85. The maximum atomic E-state index is 10.5. The topological polar surface area (TPSA) is 58.4 Å². The Bertz CT molecular complexity index is 646. The molecule has 0 unspecified atom stereocenters. The van der Waals surface area contributed by atoms with Gasteiger partial charge in [-0.15, -0.1) is 0 Å². The molecule has 0 radical (unpaired) electrons. The predicted octanol–water partition coefficient (Wildman–Crippen LogP) is 2.15. The van der Waals surface area contributed by atoms with Crippen molar-refractivity contribution in [1.82, 2.24) is 14.5 Å². The average molecular weight is 285 g/mol. The lowest BCUT2D eigenvalue weighted by Gasteiger charge is -2.16. The van der Waals surface area contributed by atoms with E-state index >= 15 is 0 Å². The molecule has 0 aliphatic carbocycles. The third-order valence-corrected chi connectivity index (χ3v) is 3.15. The van der Waals surface area contributed by atoms with Gasteiger partial charge >= 0.3 is 5.97 Å². The molecule has 1 heterocycles. The molecular formula is C16H19N3O2. The van der Waals surface area contributed by atoms with Crippen LogP contribution in [0.15, 0.2) is 42.7 Å². The molecule has 0 aliphatic heterocycles. The monoisotopic (exact) mass is 285 g/mol. The van der Waals surface area contributed by atoms with Crippen LogP contribution in [0, 0.1) is 0 Å². The Morgan fingerprint density at radius 2 is 2.24 bits per heavy atom. The zero-order chi connectivity index (χ0) is 15.2. The minimum Gasteiger partial charge on any atom is -0.478 e. The van der Waals surface area contributed by atoms with E-state index in [4.69, 9.17) is 5.11 Å². The summed E-state index contributed by atoms with van der Waals surface area (Å²) in [5.41, 5.74) is 2.03. The first-order valence-corrected chi connectivity index (χ1v) is 6.69. The number of carboxylic acids is 1. The molecule has 0 saturated carbocycles. The number of carbonyl (C=O) groups is 1. The quantitative estimate of drug-likeness (QED) is 0.826. The Balaban J connectivity index is 2.00. The van der Waals surface area contributed by atoms with Gasteiger partial charge in [0.15, 0.2) is 0 Å². The molecule has 5 nitrogen and oxygen atoms in total. The summed E-state index contributed by atoms with van der Waals surface area (Å²) in [6, 6.07) is 7.86. The van der Waals surface area contributed by atoms with Crippen LogP contribution in [-0.2, 0) is 24.9 Å². The SMILES string of the molecule is CN(Cc1cccc(C=CC(=O)O)c1)Cc1nccn1C. The smallest absolute Gasteiger partial charge is 0.328 e. The second-order valence-electron chi connectivity index (χ2n) is 5.04. The molecule has 0 fully saturated rings. The largest absolute Gasteiger partial charge is 0.478 e. The number of imidazole rings is 1. The normalized spacial score (nSPS) is 11.4. The summed E-state index contributed by atoms with van der Waals surface area (Å²) in [5, 5.41) is 8.65. The first-order chi connectivity index (χ1) is 10.0. The van der Waals surface area contributed by atoms with Gasteiger partial charge in [0.25, 0.3) is 0 Å². The third kappa shape index (κ3) is 4.57. The standard InChI is InChI=1S/C16H19N3O2/c1-18(12-15-17-8-9-19(15)2)11-14-5-3-4-13(10-14)6-7-16(20)21/h3-10H,11-12H2,1-2H3,(H,20,21). The second kappa shape index (κ2) is 6.85. The zero-order valence-electron chi connectivity index (χ0n) is 12.2. The average Bonchev–Trinajstić information content (AvgIpc) is 2.82. The van der Waals surface area contributed by atoms with Crippen LogP contribution in [0.4, 0.5) is 0 Å². The Labute approximate surface area is 124 Å². The van der Waals surface area contributed by atoms with Crippen LogP contribution in [0.3, 0.4) is 0 Å². The van der Waals surface area contributed by atoms with Gasteiger partial charge in [0, 0.05) is 32.1 Å². The highest BCUT2D eigenvalue weighted by atomic mass is 16.4. The van der Waals surface area contributed by atoms with Gasteiger partial charge in [-0.3, -0.25) is 4.90 Å². The maximum absolute atomic E-state index is 10.5. The number of aryl methyl sites for hydroxylation is 1. The van der Waals surface area contributed by atoms with Crippen molar-refractivity contribution in [2.24, 2.45) is 7.05 Å². The van der Waals surface area contributed by atoms with E-state index in [0.717, 1.165) is 36.1 Å². The van der Waals surface area contributed by atoms with Gasteiger partial charge in [-0.25, -0.2) is 9.78 Å². The number of hydrogen-bond donors (Lipinski definition) is 1. The number of aromatic nitrogens is 2. The predicted molar refractivity (Wildman–Crippen MR) is 81.5 cm³/mol. The molecule has 1 aromatic carbocycles. The van der Waals surface area contributed by atoms with Crippen LogP contribution in [0.25, 0.3) is 6.08 Å². The van der Waals surface area contributed by atoms with Gasteiger partial charge in [0.2, 0.25) is 0 Å². The minimum atomic E-state index is -0.938. The van der Waals surface area contributed by atoms with E-state index in [1.54, 1.807) is 12.3 Å². The Morgan fingerprint density at radius 3 is 2.90 bits per heavy atom. The van der Waals surface area contributed by atoms with Crippen LogP contribution in [0.1, 0.15) is 17.0 Å². The van der Waals surface area contributed by atoms with Crippen LogP contribution < -0.4 is 0 Å². The number of carboxylic acid groups (broad SMARTS) is 1. The molecule has 110 valence electrons. The van der Waals surface area contributed by atoms with Crippen molar-refractivity contribution >= 4 is 12.0 Å². The minimum absolute atomic E-state index is 0.763. The highest BCUT2D eigenvalue weighted by Crippen LogP contribution is 2.10. The fourth-order valence-electron chi connectivity index (χ4n) is 2.12. The molecular weight excluding hydrogens is 266 g/mol. The number of aliphatic carboxylic acids is 1. The first-order valence-electron chi connectivity index (χ1n) is 6.69. The van der Waals surface area contributed by atoms with Crippen molar-refractivity contribution in [2.45, 2.75) is 13.1 Å². The molecule has 5 heteroatoms. The van der Waals surface area contributed by atoms with Crippen LogP contribution >= 0.6 is 0 Å². The summed E-state index contributed by atoms with van der Waals surface area (Å²) in [6.45, 7) is 1.54. The van der Waals surface area contributed by atoms with Crippen molar-refractivity contribution in [3.63, 3.8) is 0 Å². The first kappa shape index (κ1) is 15.0. The molecule has 2 rings (SSSR count). The van der Waals surface area contributed by atoms with Crippen LogP contribution in [-0.4, -0.2) is 32.6 Å². The summed E-state index contributed by atoms with van der Waals surface area (Å²) in [6.07, 6.45) is 6.47. The fraction of sp³-hybridized carbons (Fsp3) is 0.250. The lowest BCUT2D eigenvalue weighted by atomic mass is 10.1. The summed E-state index contributed by atoms with van der Waals surface area (Å²) < 4.78 is 2.00. The van der Waals surface area contributed by atoms with E-state index in [9.17, 15) is 4.79 Å². The van der Waals surface area contributed by atoms with Crippen molar-refractivity contribution in [1.29, 1.82) is 0 Å². The molecule has 1 aromatic heterocycles. The fourth-order valence-corrected chi connectivity index (χ4v) is 2.12. The lowest BCUT2D eigenvalue weighted by Crippen LogP contribution is -2.19. The molecule has 0 atom stereocenters. The summed E-state index contributed by atoms with van der Waals surface area (Å²) in [5.74, 6) is 0.0757.